The molecule has 7 heteroatoms. The molecule has 2 unspecified atom stereocenters. The predicted octanol–water partition coefficient (Wildman–Crippen LogP) is 4.34. The van der Waals surface area contributed by atoms with E-state index in [4.69, 9.17) is 4.74 Å². The van der Waals surface area contributed by atoms with Gasteiger partial charge in [-0.15, -0.1) is 0 Å². The largest absolute Gasteiger partial charge is 0.444 e. The van der Waals surface area contributed by atoms with Crippen molar-refractivity contribution >= 4 is 12.0 Å². The number of hydrogen-bond acceptors (Lipinski definition) is 4. The monoisotopic (exact) mass is 433 g/mol. The average molecular weight is 434 g/mol. The number of alkyl halides is 1. The van der Waals surface area contributed by atoms with E-state index in [0.29, 0.717) is 11.8 Å². The fourth-order valence-corrected chi connectivity index (χ4v) is 7.50. The molecule has 5 aliphatic rings. The van der Waals surface area contributed by atoms with Crippen LogP contribution in [0.25, 0.3) is 0 Å². The zero-order valence-electron chi connectivity index (χ0n) is 19.2. The maximum Gasteiger partial charge on any atom is 0.408 e. The Kier molecular flexibility index (Phi) is 5.51. The predicted molar refractivity (Wildman–Crippen MR) is 114 cm³/mol. The number of likely N-dealkylation sites (tertiary alicyclic amines) is 1. The number of hydrogen-bond donors (Lipinski definition) is 1. The van der Waals surface area contributed by atoms with Crippen LogP contribution < -0.4 is 5.32 Å². The zero-order valence-corrected chi connectivity index (χ0v) is 19.2. The first kappa shape index (κ1) is 22.4. The van der Waals surface area contributed by atoms with Crippen LogP contribution in [0, 0.1) is 34.0 Å². The highest BCUT2D eigenvalue weighted by molar-refractivity contribution is 5.87. The highest BCUT2D eigenvalue weighted by Crippen LogP contribution is 2.67. The van der Waals surface area contributed by atoms with Crippen molar-refractivity contribution in [1.82, 2.24) is 10.2 Å². The van der Waals surface area contributed by atoms with Gasteiger partial charge in [-0.3, -0.25) is 4.79 Å². The summed E-state index contributed by atoms with van der Waals surface area (Å²) in [6, 6.07) is 0.530. The molecule has 31 heavy (non-hydrogen) atoms. The van der Waals surface area contributed by atoms with Crippen molar-refractivity contribution in [2.24, 2.45) is 22.7 Å². The van der Waals surface area contributed by atoms with Crippen LogP contribution in [0.2, 0.25) is 0 Å². The van der Waals surface area contributed by atoms with E-state index in [1.54, 1.807) is 20.8 Å². The lowest BCUT2D eigenvalue weighted by Crippen LogP contribution is -2.65. The van der Waals surface area contributed by atoms with E-state index >= 15 is 0 Å². The second-order valence-electron chi connectivity index (χ2n) is 11.7. The molecule has 0 spiro atoms. The summed E-state index contributed by atoms with van der Waals surface area (Å²) in [7, 11) is 0. The smallest absolute Gasteiger partial charge is 0.408 e. The van der Waals surface area contributed by atoms with E-state index in [1.807, 2.05) is 0 Å². The number of alkyl carbamates (subject to hydrolysis) is 1. The van der Waals surface area contributed by atoms with Crippen LogP contribution in [-0.4, -0.2) is 47.3 Å². The number of carbonyl (C=O) groups is 2. The Morgan fingerprint density at radius 2 is 1.87 bits per heavy atom. The topological polar surface area (TPSA) is 82.4 Å². The molecule has 6 nitrogen and oxygen atoms in total. The number of rotatable bonds is 4. The van der Waals surface area contributed by atoms with Crippen molar-refractivity contribution in [1.29, 1.82) is 5.26 Å². The van der Waals surface area contributed by atoms with Crippen LogP contribution in [0.5, 0.6) is 0 Å². The summed E-state index contributed by atoms with van der Waals surface area (Å²) in [5.74, 6) is 0.818. The Labute approximate surface area is 184 Å². The van der Waals surface area contributed by atoms with Gasteiger partial charge in [-0.2, -0.15) is 5.26 Å². The minimum atomic E-state index is -1.20. The summed E-state index contributed by atoms with van der Waals surface area (Å²) in [5.41, 5.74) is -0.806. The molecule has 5 fully saturated rings. The fourth-order valence-electron chi connectivity index (χ4n) is 7.50. The molecule has 1 saturated heterocycles. The number of carbonyl (C=O) groups excluding carboxylic acids is 2. The van der Waals surface area contributed by atoms with E-state index in [-0.39, 0.29) is 29.7 Å². The van der Waals surface area contributed by atoms with E-state index in [1.165, 1.54) is 24.2 Å². The van der Waals surface area contributed by atoms with Crippen LogP contribution in [0.1, 0.15) is 79.1 Å². The van der Waals surface area contributed by atoms with E-state index in [9.17, 15) is 19.2 Å². The van der Waals surface area contributed by atoms with Crippen LogP contribution in [0.3, 0.4) is 0 Å². The maximum absolute atomic E-state index is 14.1. The van der Waals surface area contributed by atoms with Crippen molar-refractivity contribution in [3.63, 3.8) is 0 Å². The molecule has 1 N–H and O–H groups in total. The van der Waals surface area contributed by atoms with E-state index in [2.05, 4.69) is 18.3 Å². The fraction of sp³-hybridized carbons (Fsp3) is 0.875. The molecule has 1 heterocycles. The van der Waals surface area contributed by atoms with Gasteiger partial charge in [0.05, 0.1) is 12.6 Å². The van der Waals surface area contributed by atoms with Gasteiger partial charge in [0.15, 0.2) is 0 Å². The number of amides is 2. The molecule has 5 atom stereocenters. The van der Waals surface area contributed by atoms with E-state index < -0.39 is 29.9 Å². The third-order valence-electron chi connectivity index (χ3n) is 8.18. The number of nitrogens with zero attached hydrogens (tertiary/aromatic N) is 2. The Balaban J connectivity index is 1.67. The van der Waals surface area contributed by atoms with Crippen molar-refractivity contribution in [3.05, 3.63) is 0 Å². The third kappa shape index (κ3) is 4.15. The van der Waals surface area contributed by atoms with Crippen LogP contribution >= 0.6 is 0 Å². The number of halogens is 1. The minimum absolute atomic E-state index is 0.0402. The second kappa shape index (κ2) is 7.64. The molecule has 0 radical (unpaired) electrons. The number of nitriles is 1. The first-order valence-electron chi connectivity index (χ1n) is 11.8. The highest BCUT2D eigenvalue weighted by Gasteiger charge is 2.62. The summed E-state index contributed by atoms with van der Waals surface area (Å²) in [4.78, 5) is 28.0. The molecule has 2 amide bonds. The van der Waals surface area contributed by atoms with Gasteiger partial charge < -0.3 is 15.0 Å². The molecule has 172 valence electrons. The van der Waals surface area contributed by atoms with Crippen LogP contribution in [-0.2, 0) is 9.53 Å². The van der Waals surface area contributed by atoms with Gasteiger partial charge in [-0.1, -0.05) is 13.3 Å². The lowest BCUT2D eigenvalue weighted by Gasteiger charge is -2.64. The van der Waals surface area contributed by atoms with Gasteiger partial charge in [0, 0.05) is 11.8 Å². The molecule has 1 aliphatic heterocycles. The summed E-state index contributed by atoms with van der Waals surface area (Å²) >= 11 is 0. The summed E-state index contributed by atoms with van der Waals surface area (Å²) in [5, 5.41) is 12.4. The van der Waals surface area contributed by atoms with E-state index in [0.717, 1.165) is 25.7 Å². The maximum atomic E-state index is 14.1. The summed E-state index contributed by atoms with van der Waals surface area (Å²) in [6.45, 7) is 7.53. The standard InChI is InChI=1S/C24H36FN3O3/c1-5-23-8-15-6-16(9-23)11-24(10-15,14-23)19(27-21(30)31-22(2,3)4)20(29)28-13-17(25)7-18(28)12-26/h15-19H,5-11,13-14H2,1-4H3,(H,27,30)/t15?,16?,17-,18-,19+,23?,24?/m0/s1. The molecule has 0 aromatic heterocycles. The Bertz CT molecular complexity index is 772. The quantitative estimate of drug-likeness (QED) is 0.715. The van der Waals surface area contributed by atoms with Crippen molar-refractivity contribution in [2.45, 2.75) is 103 Å². The summed E-state index contributed by atoms with van der Waals surface area (Å²) < 4.78 is 19.7. The Morgan fingerprint density at radius 3 is 2.42 bits per heavy atom. The van der Waals surface area contributed by atoms with Gasteiger partial charge in [0.25, 0.3) is 0 Å². The molecule has 4 aliphatic carbocycles. The highest BCUT2D eigenvalue weighted by atomic mass is 19.1. The van der Waals surface area contributed by atoms with Gasteiger partial charge in [0.1, 0.15) is 23.9 Å². The SMILES string of the molecule is CCC12CC3CC(C1)CC([C@H](NC(=O)OC(C)(C)C)C(=O)N1C[C@@H](F)C[C@H]1C#N)(C3)C2. The summed E-state index contributed by atoms with van der Waals surface area (Å²) in [6.07, 6.45) is 5.62. The number of ether oxygens (including phenoxy) is 1. The van der Waals surface area contributed by atoms with Gasteiger partial charge in [0.2, 0.25) is 5.91 Å². The van der Waals surface area contributed by atoms with Crippen molar-refractivity contribution in [2.75, 3.05) is 6.54 Å². The van der Waals surface area contributed by atoms with Crippen molar-refractivity contribution < 1.29 is 18.7 Å². The average Bonchev–Trinajstić information content (AvgIpc) is 3.04. The molecule has 5 rings (SSSR count). The molecular formula is C24H36FN3O3. The van der Waals surface area contributed by atoms with Gasteiger partial charge >= 0.3 is 6.09 Å². The Morgan fingerprint density at radius 1 is 1.23 bits per heavy atom. The van der Waals surface area contributed by atoms with Crippen LogP contribution in [0.4, 0.5) is 9.18 Å². The lowest BCUT2D eigenvalue weighted by molar-refractivity contribution is -0.156. The van der Waals surface area contributed by atoms with Gasteiger partial charge in [-0.25, -0.2) is 9.18 Å². The normalized spacial score (nSPS) is 39.8. The van der Waals surface area contributed by atoms with Gasteiger partial charge in [-0.05, 0) is 76.5 Å². The van der Waals surface area contributed by atoms with Crippen LogP contribution in [0.15, 0.2) is 0 Å². The second-order valence-corrected chi connectivity index (χ2v) is 11.7. The zero-order chi connectivity index (χ0) is 22.6. The Hall–Kier alpha value is -1.84. The minimum Gasteiger partial charge on any atom is -0.444 e. The first-order valence-corrected chi connectivity index (χ1v) is 11.8. The lowest BCUT2D eigenvalue weighted by atomic mass is 9.42. The molecule has 4 saturated carbocycles. The molecule has 0 aromatic carbocycles. The first-order chi connectivity index (χ1) is 14.5. The van der Waals surface area contributed by atoms with Crippen molar-refractivity contribution in [3.8, 4) is 6.07 Å². The molecule has 4 bridgehead atoms. The third-order valence-corrected chi connectivity index (χ3v) is 8.18. The molecular weight excluding hydrogens is 397 g/mol. The number of nitrogens with one attached hydrogen (secondary N) is 1. The molecule has 0 aromatic rings.